The van der Waals surface area contributed by atoms with E-state index < -0.39 is 12.2 Å². The Morgan fingerprint density at radius 3 is 2.65 bits per heavy atom. The van der Waals surface area contributed by atoms with Crippen molar-refractivity contribution in [3.05, 3.63) is 59.9 Å². The van der Waals surface area contributed by atoms with Crippen molar-refractivity contribution in [1.29, 1.82) is 0 Å². The van der Waals surface area contributed by atoms with Crippen molar-refractivity contribution in [2.45, 2.75) is 37.1 Å². The monoisotopic (exact) mass is 314 g/mol. The topological polar surface area (TPSA) is 74.6 Å². The summed E-state index contributed by atoms with van der Waals surface area (Å²) in [7, 11) is 1.64. The Morgan fingerprint density at radius 2 is 2.00 bits per heavy atom. The van der Waals surface area contributed by atoms with Gasteiger partial charge in [0.05, 0.1) is 19.3 Å². The summed E-state index contributed by atoms with van der Waals surface area (Å²) in [6.45, 7) is 0.620. The van der Waals surface area contributed by atoms with E-state index >= 15 is 0 Å². The van der Waals surface area contributed by atoms with Gasteiger partial charge in [-0.1, -0.05) is 18.2 Å². The lowest BCUT2D eigenvalue weighted by Gasteiger charge is -2.24. The van der Waals surface area contributed by atoms with Crippen LogP contribution in [0.5, 0.6) is 5.75 Å². The third-order valence-corrected chi connectivity index (χ3v) is 4.50. The molecule has 5 nitrogen and oxygen atoms in total. The average Bonchev–Trinajstić information content (AvgIpc) is 2.89. The second-order valence-electron chi connectivity index (χ2n) is 5.94. The summed E-state index contributed by atoms with van der Waals surface area (Å²) in [6, 6.07) is 11.5. The van der Waals surface area contributed by atoms with Gasteiger partial charge in [-0.25, -0.2) is 0 Å². The van der Waals surface area contributed by atoms with Crippen LogP contribution in [0, 0.1) is 0 Å². The summed E-state index contributed by atoms with van der Waals surface area (Å²) in [5, 5.41) is 23.7. The van der Waals surface area contributed by atoms with Crippen molar-refractivity contribution in [2.75, 3.05) is 7.11 Å². The molecule has 5 heteroatoms. The van der Waals surface area contributed by atoms with Crippen LogP contribution >= 0.6 is 0 Å². The molecule has 1 aromatic heterocycles. The Labute approximate surface area is 136 Å². The smallest absolute Gasteiger partial charge is 0.118 e. The third kappa shape index (κ3) is 3.52. The fourth-order valence-electron chi connectivity index (χ4n) is 3.20. The van der Waals surface area contributed by atoms with Gasteiger partial charge in [0.1, 0.15) is 5.75 Å². The van der Waals surface area contributed by atoms with Crippen LogP contribution in [-0.2, 0) is 6.54 Å². The molecule has 4 unspecified atom stereocenters. The molecule has 1 fully saturated rings. The largest absolute Gasteiger partial charge is 0.497 e. The van der Waals surface area contributed by atoms with E-state index in [0.717, 1.165) is 16.9 Å². The summed E-state index contributed by atoms with van der Waals surface area (Å²) in [5.41, 5.74) is 2.14. The van der Waals surface area contributed by atoms with Gasteiger partial charge in [-0.2, -0.15) is 0 Å². The first-order chi connectivity index (χ1) is 11.2. The summed E-state index contributed by atoms with van der Waals surface area (Å²) in [6.07, 6.45) is 2.57. The van der Waals surface area contributed by atoms with Crippen molar-refractivity contribution < 1.29 is 14.9 Å². The van der Waals surface area contributed by atoms with Crippen LogP contribution in [0.15, 0.2) is 48.8 Å². The number of hydrogen-bond acceptors (Lipinski definition) is 5. The second-order valence-corrected chi connectivity index (χ2v) is 5.94. The molecule has 0 spiro atoms. The van der Waals surface area contributed by atoms with Gasteiger partial charge >= 0.3 is 0 Å². The van der Waals surface area contributed by atoms with Crippen LogP contribution in [0.4, 0.5) is 0 Å². The minimum atomic E-state index is -0.779. The highest BCUT2D eigenvalue weighted by Crippen LogP contribution is 2.35. The molecule has 1 saturated carbocycles. The number of methoxy groups -OCH3 is 1. The number of rotatable bonds is 5. The van der Waals surface area contributed by atoms with E-state index in [-0.39, 0.29) is 12.0 Å². The number of nitrogens with zero attached hydrogens (tertiary/aromatic N) is 1. The number of benzene rings is 1. The van der Waals surface area contributed by atoms with Gasteiger partial charge in [-0.3, -0.25) is 4.98 Å². The van der Waals surface area contributed by atoms with Crippen molar-refractivity contribution in [1.82, 2.24) is 10.3 Å². The Morgan fingerprint density at radius 1 is 1.22 bits per heavy atom. The zero-order valence-electron chi connectivity index (χ0n) is 13.1. The van der Waals surface area contributed by atoms with Crippen LogP contribution in [0.25, 0.3) is 0 Å². The Kier molecular flexibility index (Phi) is 4.91. The lowest BCUT2D eigenvalue weighted by atomic mass is 9.95. The van der Waals surface area contributed by atoms with Crippen molar-refractivity contribution in [3.63, 3.8) is 0 Å². The number of pyridine rings is 1. The van der Waals surface area contributed by atoms with Gasteiger partial charge in [0.2, 0.25) is 0 Å². The highest BCUT2D eigenvalue weighted by atomic mass is 16.5. The zero-order valence-corrected chi connectivity index (χ0v) is 13.1. The third-order valence-electron chi connectivity index (χ3n) is 4.50. The number of hydrogen-bond donors (Lipinski definition) is 3. The predicted octanol–water partition coefficient (Wildman–Crippen LogP) is 1.46. The van der Waals surface area contributed by atoms with Crippen molar-refractivity contribution >= 4 is 0 Å². The maximum absolute atomic E-state index is 10.3. The van der Waals surface area contributed by atoms with E-state index in [1.807, 2.05) is 36.4 Å². The first kappa shape index (κ1) is 15.9. The lowest BCUT2D eigenvalue weighted by Crippen LogP contribution is -2.41. The molecule has 3 N–H and O–H groups in total. The Balaban J connectivity index is 1.70. The van der Waals surface area contributed by atoms with Crippen LogP contribution in [0.2, 0.25) is 0 Å². The molecule has 0 amide bonds. The van der Waals surface area contributed by atoms with Gasteiger partial charge in [0.15, 0.2) is 0 Å². The van der Waals surface area contributed by atoms with E-state index in [2.05, 4.69) is 10.3 Å². The van der Waals surface area contributed by atoms with Crippen LogP contribution < -0.4 is 10.1 Å². The predicted molar refractivity (Wildman–Crippen MR) is 87.2 cm³/mol. The molecule has 23 heavy (non-hydrogen) atoms. The Hall–Kier alpha value is -1.95. The van der Waals surface area contributed by atoms with Crippen molar-refractivity contribution in [3.8, 4) is 5.75 Å². The molecule has 0 radical (unpaired) electrons. The number of aliphatic hydroxyl groups is 2. The minimum absolute atomic E-state index is 0.0481. The summed E-state index contributed by atoms with van der Waals surface area (Å²) in [5.74, 6) is 0.866. The molecule has 122 valence electrons. The molecule has 1 aliphatic rings. The fraction of sp³-hybridized carbons (Fsp3) is 0.389. The highest BCUT2D eigenvalue weighted by molar-refractivity contribution is 5.27. The molecular formula is C18H22N2O3. The molecule has 0 saturated heterocycles. The van der Waals surface area contributed by atoms with Crippen molar-refractivity contribution in [2.24, 2.45) is 0 Å². The maximum Gasteiger partial charge on any atom is 0.118 e. The number of ether oxygens (including phenoxy) is 1. The van der Waals surface area contributed by atoms with E-state index in [4.69, 9.17) is 4.74 Å². The van der Waals surface area contributed by atoms with E-state index in [9.17, 15) is 10.2 Å². The second kappa shape index (κ2) is 7.08. The first-order valence-corrected chi connectivity index (χ1v) is 7.81. The maximum atomic E-state index is 10.3. The Bertz CT molecular complexity index is 618. The SMILES string of the molecule is COc1ccc(CNC2C(c3cccnc3)CC(O)C2O)cc1. The van der Waals surface area contributed by atoms with Crippen LogP contribution in [0.3, 0.4) is 0 Å². The highest BCUT2D eigenvalue weighted by Gasteiger charge is 2.41. The number of aliphatic hydroxyl groups excluding tert-OH is 2. The molecule has 1 aliphatic carbocycles. The molecular weight excluding hydrogens is 292 g/mol. The van der Waals surface area contributed by atoms with Gasteiger partial charge < -0.3 is 20.3 Å². The molecule has 0 bridgehead atoms. The van der Waals surface area contributed by atoms with E-state index in [1.165, 1.54) is 0 Å². The molecule has 1 aromatic carbocycles. The molecule has 1 heterocycles. The van der Waals surface area contributed by atoms with Gasteiger partial charge in [-0.15, -0.1) is 0 Å². The lowest BCUT2D eigenvalue weighted by molar-refractivity contribution is 0.0297. The first-order valence-electron chi connectivity index (χ1n) is 7.81. The van der Waals surface area contributed by atoms with Crippen LogP contribution in [0.1, 0.15) is 23.5 Å². The molecule has 0 aliphatic heterocycles. The fourth-order valence-corrected chi connectivity index (χ4v) is 3.20. The number of nitrogens with one attached hydrogen (secondary N) is 1. The average molecular weight is 314 g/mol. The van der Waals surface area contributed by atoms with Gasteiger partial charge in [0.25, 0.3) is 0 Å². The summed E-state index contributed by atoms with van der Waals surface area (Å²) >= 11 is 0. The van der Waals surface area contributed by atoms with Gasteiger partial charge in [0, 0.05) is 30.9 Å². The standard InChI is InChI=1S/C18H22N2O3/c1-23-14-6-4-12(5-7-14)10-20-17-15(9-16(21)18(17)22)13-3-2-8-19-11-13/h2-8,11,15-18,20-22H,9-10H2,1H3. The van der Waals surface area contributed by atoms with Crippen LogP contribution in [-0.4, -0.2) is 40.6 Å². The summed E-state index contributed by atoms with van der Waals surface area (Å²) < 4.78 is 5.15. The summed E-state index contributed by atoms with van der Waals surface area (Å²) in [4.78, 5) is 4.15. The minimum Gasteiger partial charge on any atom is -0.497 e. The zero-order chi connectivity index (χ0) is 16.2. The van der Waals surface area contributed by atoms with E-state index in [0.29, 0.717) is 13.0 Å². The normalized spacial score (nSPS) is 27.1. The molecule has 2 aromatic rings. The number of aromatic nitrogens is 1. The molecule has 3 rings (SSSR count). The van der Waals surface area contributed by atoms with Gasteiger partial charge in [-0.05, 0) is 35.7 Å². The molecule has 4 atom stereocenters. The quantitative estimate of drug-likeness (QED) is 0.779. The van der Waals surface area contributed by atoms with E-state index in [1.54, 1.807) is 19.5 Å².